The van der Waals surface area contributed by atoms with Crippen LogP contribution in [0.2, 0.25) is 5.02 Å². The smallest absolute Gasteiger partial charge is 0.305 e. The third-order valence-electron chi connectivity index (χ3n) is 6.90. The summed E-state index contributed by atoms with van der Waals surface area (Å²) in [6, 6.07) is 1.32. The van der Waals surface area contributed by atoms with E-state index >= 15 is 0 Å². The first kappa shape index (κ1) is 32.3. The maximum Gasteiger partial charge on any atom is 0.305 e. The average Bonchev–Trinajstić information content (AvgIpc) is 2.91. The number of ether oxygens (including phenoxy) is 3. The van der Waals surface area contributed by atoms with Gasteiger partial charge in [0.05, 0.1) is 24.3 Å². The van der Waals surface area contributed by atoms with Crippen LogP contribution >= 0.6 is 24.0 Å². The number of hydrogen-bond acceptors (Lipinski definition) is 10. The molecule has 1 amide bonds. The third kappa shape index (κ3) is 10.0. The Kier molecular flexibility index (Phi) is 14.4. The van der Waals surface area contributed by atoms with Gasteiger partial charge < -0.3 is 35.5 Å². The summed E-state index contributed by atoms with van der Waals surface area (Å²) in [4.78, 5) is 33.6. The Balaban J connectivity index is 0.00000507. The van der Waals surface area contributed by atoms with Crippen molar-refractivity contribution in [3.63, 3.8) is 0 Å². The van der Waals surface area contributed by atoms with Crippen molar-refractivity contribution in [3.8, 4) is 5.88 Å². The zero-order valence-corrected chi connectivity index (χ0v) is 24.0. The number of likely N-dealkylation sites (tertiary alicyclic amines) is 1. The fourth-order valence-electron chi connectivity index (χ4n) is 4.71. The second-order valence-electron chi connectivity index (χ2n) is 9.48. The molecule has 38 heavy (non-hydrogen) atoms. The van der Waals surface area contributed by atoms with Crippen LogP contribution < -0.4 is 21.1 Å². The van der Waals surface area contributed by atoms with Crippen LogP contribution in [-0.4, -0.2) is 112 Å². The molecule has 216 valence electrons. The highest BCUT2D eigenvalue weighted by atomic mass is 35.5. The molecule has 1 aromatic heterocycles. The monoisotopic (exact) mass is 576 g/mol. The summed E-state index contributed by atoms with van der Waals surface area (Å²) in [6.07, 6.45) is 3.85. The van der Waals surface area contributed by atoms with Crippen molar-refractivity contribution >= 4 is 41.7 Å². The lowest BCUT2D eigenvalue weighted by Gasteiger charge is -2.38. The summed E-state index contributed by atoms with van der Waals surface area (Å²) in [5.41, 5.74) is 5.96. The van der Waals surface area contributed by atoms with Crippen LogP contribution in [0.15, 0.2) is 6.07 Å². The van der Waals surface area contributed by atoms with Crippen molar-refractivity contribution in [3.05, 3.63) is 16.7 Å². The minimum atomic E-state index is -0.327. The Hall–Kier alpha value is -1.89. The highest BCUT2D eigenvalue weighted by molar-refractivity contribution is 6.33. The van der Waals surface area contributed by atoms with Crippen LogP contribution in [0.1, 0.15) is 42.5 Å². The number of hydrogen-bond donors (Lipinski definition) is 3. The zero-order chi connectivity index (χ0) is 26.6. The largest absolute Gasteiger partial charge is 0.480 e. The first-order chi connectivity index (χ1) is 17.9. The SMILES string of the molecule is COc1nc(N)c(Cl)cc1C(=O)N[C@@H]1CCN(CCCCCC(=O)OCCN2CCNCC2)C[C@@H]1OC.Cl. The molecule has 0 unspecified atom stereocenters. The molecular formula is C25H42Cl2N6O5. The van der Waals surface area contributed by atoms with Gasteiger partial charge in [-0.25, -0.2) is 0 Å². The lowest BCUT2D eigenvalue weighted by molar-refractivity contribution is -0.144. The number of carbonyl (C=O) groups is 2. The van der Waals surface area contributed by atoms with Crippen LogP contribution in [0.5, 0.6) is 5.88 Å². The van der Waals surface area contributed by atoms with Gasteiger partial charge in [0.15, 0.2) is 0 Å². The molecule has 11 nitrogen and oxygen atoms in total. The highest BCUT2D eigenvalue weighted by Crippen LogP contribution is 2.25. The number of unbranched alkanes of at least 4 members (excludes halogenated alkanes) is 2. The minimum Gasteiger partial charge on any atom is -0.480 e. The first-order valence-corrected chi connectivity index (χ1v) is 13.4. The number of piperidine rings is 1. The molecule has 0 spiro atoms. The van der Waals surface area contributed by atoms with Crippen molar-refractivity contribution < 1.29 is 23.8 Å². The molecule has 2 saturated heterocycles. The molecule has 0 saturated carbocycles. The van der Waals surface area contributed by atoms with E-state index in [0.717, 1.165) is 71.5 Å². The summed E-state index contributed by atoms with van der Waals surface area (Å²) in [5.74, 6) is -0.193. The summed E-state index contributed by atoms with van der Waals surface area (Å²) < 4.78 is 16.3. The number of halogens is 2. The molecule has 1 aromatic rings. The minimum absolute atomic E-state index is 0. The van der Waals surface area contributed by atoms with Gasteiger partial charge in [0, 0.05) is 59.3 Å². The van der Waals surface area contributed by atoms with Crippen molar-refractivity contribution in [1.82, 2.24) is 25.4 Å². The van der Waals surface area contributed by atoms with Crippen LogP contribution in [0.3, 0.4) is 0 Å². The molecule has 3 heterocycles. The normalized spacial score (nSPS) is 20.4. The second-order valence-corrected chi connectivity index (χ2v) is 9.89. The van der Waals surface area contributed by atoms with E-state index in [2.05, 4.69) is 25.4 Å². The molecule has 2 atom stereocenters. The number of pyridine rings is 1. The molecule has 4 N–H and O–H groups in total. The standard InChI is InChI=1S/C25H41ClN6O5.ClH/c1-35-21-17-32(10-5-3-4-6-22(33)37-15-14-31-12-8-28-9-13-31)11-7-20(21)29-24(34)18-16-19(26)23(27)30-25(18)36-2;/h16,20-21,28H,3-15,17H2,1-2H3,(H2,27,30)(H,29,34);1H/t20-,21+;/m1./s1. The Morgan fingerprint density at radius 1 is 1.16 bits per heavy atom. The molecule has 2 aliphatic heterocycles. The highest BCUT2D eigenvalue weighted by Gasteiger charge is 2.31. The Morgan fingerprint density at radius 2 is 1.92 bits per heavy atom. The predicted molar refractivity (Wildman–Crippen MR) is 149 cm³/mol. The number of carbonyl (C=O) groups excluding carboxylic acids is 2. The zero-order valence-electron chi connectivity index (χ0n) is 22.4. The number of anilines is 1. The van der Waals surface area contributed by atoms with Gasteiger partial charge in [0.25, 0.3) is 5.91 Å². The molecule has 13 heteroatoms. The maximum atomic E-state index is 12.9. The summed E-state index contributed by atoms with van der Waals surface area (Å²) in [7, 11) is 3.09. The second kappa shape index (κ2) is 16.9. The molecule has 3 rings (SSSR count). The average molecular weight is 578 g/mol. The van der Waals surface area contributed by atoms with Crippen LogP contribution in [0.4, 0.5) is 5.82 Å². The number of nitrogen functional groups attached to an aromatic ring is 1. The number of piperazine rings is 1. The lowest BCUT2D eigenvalue weighted by Crippen LogP contribution is -2.54. The van der Waals surface area contributed by atoms with Crippen molar-refractivity contribution in [2.24, 2.45) is 0 Å². The van der Waals surface area contributed by atoms with Crippen molar-refractivity contribution in [1.29, 1.82) is 0 Å². The number of nitrogens with two attached hydrogens (primary N) is 1. The van der Waals surface area contributed by atoms with E-state index in [-0.39, 0.29) is 58.7 Å². The molecule has 0 aromatic carbocycles. The Morgan fingerprint density at radius 3 is 2.63 bits per heavy atom. The van der Waals surface area contributed by atoms with Gasteiger partial charge in [-0.3, -0.25) is 14.5 Å². The molecule has 2 fully saturated rings. The van der Waals surface area contributed by atoms with E-state index in [1.165, 1.54) is 13.2 Å². The maximum absolute atomic E-state index is 12.9. The van der Waals surface area contributed by atoms with Crippen LogP contribution in [0.25, 0.3) is 0 Å². The number of methoxy groups -OCH3 is 2. The first-order valence-electron chi connectivity index (χ1n) is 13.1. The van der Waals surface area contributed by atoms with Crippen LogP contribution in [-0.2, 0) is 14.3 Å². The number of esters is 1. The summed E-state index contributed by atoms with van der Waals surface area (Å²) in [5, 5.41) is 6.55. The fourth-order valence-corrected chi connectivity index (χ4v) is 4.87. The van der Waals surface area contributed by atoms with E-state index in [0.29, 0.717) is 19.6 Å². The molecular weight excluding hydrogens is 535 g/mol. The third-order valence-corrected chi connectivity index (χ3v) is 7.21. The van der Waals surface area contributed by atoms with E-state index in [9.17, 15) is 9.59 Å². The summed E-state index contributed by atoms with van der Waals surface area (Å²) in [6.45, 7) is 7.77. The molecule has 0 bridgehead atoms. The van der Waals surface area contributed by atoms with E-state index in [4.69, 9.17) is 31.5 Å². The Bertz CT molecular complexity index is 890. The number of nitrogens with zero attached hydrogens (tertiary/aromatic N) is 3. The van der Waals surface area contributed by atoms with Crippen molar-refractivity contribution in [2.75, 3.05) is 78.9 Å². The van der Waals surface area contributed by atoms with E-state index in [1.54, 1.807) is 7.11 Å². The fraction of sp³-hybridized carbons (Fsp3) is 0.720. The van der Waals surface area contributed by atoms with E-state index < -0.39 is 0 Å². The number of aromatic nitrogens is 1. The number of nitrogens with one attached hydrogen (secondary N) is 2. The van der Waals surface area contributed by atoms with E-state index in [1.807, 2.05) is 0 Å². The van der Waals surface area contributed by atoms with Gasteiger partial charge in [-0.2, -0.15) is 4.98 Å². The van der Waals surface area contributed by atoms with Crippen LogP contribution in [0, 0.1) is 0 Å². The quantitative estimate of drug-likeness (QED) is 0.235. The number of amides is 1. The predicted octanol–water partition coefficient (Wildman–Crippen LogP) is 1.58. The molecule has 2 aliphatic rings. The molecule has 0 radical (unpaired) electrons. The van der Waals surface area contributed by atoms with Gasteiger partial charge in [-0.15, -0.1) is 12.4 Å². The van der Waals surface area contributed by atoms with Gasteiger partial charge in [-0.1, -0.05) is 18.0 Å². The van der Waals surface area contributed by atoms with Gasteiger partial charge >= 0.3 is 5.97 Å². The Labute approximate surface area is 236 Å². The van der Waals surface area contributed by atoms with Gasteiger partial charge in [-0.05, 0) is 31.9 Å². The lowest BCUT2D eigenvalue weighted by atomic mass is 10.0. The van der Waals surface area contributed by atoms with Crippen molar-refractivity contribution in [2.45, 2.75) is 44.2 Å². The van der Waals surface area contributed by atoms with Gasteiger partial charge in [0.2, 0.25) is 5.88 Å². The summed E-state index contributed by atoms with van der Waals surface area (Å²) >= 11 is 6.06. The molecule has 0 aliphatic carbocycles. The van der Waals surface area contributed by atoms with Gasteiger partial charge in [0.1, 0.15) is 18.0 Å². The topological polar surface area (TPSA) is 131 Å². The number of rotatable bonds is 13.